The van der Waals surface area contributed by atoms with Gasteiger partial charge < -0.3 is 5.73 Å². The molecule has 2 atom stereocenters. The molecule has 1 aliphatic carbocycles. The predicted molar refractivity (Wildman–Crippen MR) is 56.2 cm³/mol. The van der Waals surface area contributed by atoms with E-state index >= 15 is 0 Å². The molecular formula is C9H18N2S. The van der Waals surface area contributed by atoms with Gasteiger partial charge in [0.25, 0.3) is 0 Å². The quantitative estimate of drug-likeness (QED) is 0.673. The van der Waals surface area contributed by atoms with E-state index in [-0.39, 0.29) is 6.04 Å². The molecule has 0 radical (unpaired) electrons. The molecule has 0 aromatic rings. The van der Waals surface area contributed by atoms with Gasteiger partial charge in [0.1, 0.15) is 0 Å². The summed E-state index contributed by atoms with van der Waals surface area (Å²) < 4.78 is 0. The van der Waals surface area contributed by atoms with E-state index in [1.165, 1.54) is 12.8 Å². The molecule has 12 heavy (non-hydrogen) atoms. The second-order valence-electron chi connectivity index (χ2n) is 3.82. The number of nitrogens with zero attached hydrogens (tertiary/aromatic N) is 1. The van der Waals surface area contributed by atoms with Crippen LogP contribution >= 0.6 is 12.2 Å². The van der Waals surface area contributed by atoms with E-state index < -0.39 is 0 Å². The lowest BCUT2D eigenvalue weighted by molar-refractivity contribution is 0.217. The monoisotopic (exact) mass is 186 g/mol. The molecule has 1 saturated carbocycles. The molecule has 3 heteroatoms. The number of thiocarbonyl (C=S) groups is 1. The van der Waals surface area contributed by atoms with E-state index in [0.717, 1.165) is 5.92 Å². The highest BCUT2D eigenvalue weighted by molar-refractivity contribution is 7.80. The minimum absolute atomic E-state index is 0.232. The molecule has 1 fully saturated rings. The van der Waals surface area contributed by atoms with Gasteiger partial charge in [-0.25, -0.2) is 0 Å². The van der Waals surface area contributed by atoms with E-state index in [4.69, 9.17) is 18.0 Å². The minimum atomic E-state index is 0.232. The van der Waals surface area contributed by atoms with Crippen LogP contribution < -0.4 is 5.73 Å². The van der Waals surface area contributed by atoms with Gasteiger partial charge in [-0.3, -0.25) is 4.90 Å². The summed E-state index contributed by atoms with van der Waals surface area (Å²) in [4.78, 5) is 2.88. The van der Waals surface area contributed by atoms with Gasteiger partial charge in [0.05, 0.1) is 11.0 Å². The molecule has 0 bridgehead atoms. The van der Waals surface area contributed by atoms with Crippen LogP contribution in [0, 0.1) is 5.92 Å². The fourth-order valence-electron chi connectivity index (χ4n) is 1.46. The summed E-state index contributed by atoms with van der Waals surface area (Å²) in [7, 11) is 2.10. The lowest BCUT2D eigenvalue weighted by atomic mass is 10.1. The van der Waals surface area contributed by atoms with E-state index in [9.17, 15) is 0 Å². The largest absolute Gasteiger partial charge is 0.392 e. The van der Waals surface area contributed by atoms with Crippen molar-refractivity contribution in [2.75, 3.05) is 7.05 Å². The Morgan fingerprint density at radius 3 is 2.33 bits per heavy atom. The zero-order valence-corrected chi connectivity index (χ0v) is 8.90. The van der Waals surface area contributed by atoms with Crippen molar-refractivity contribution < 1.29 is 0 Å². The van der Waals surface area contributed by atoms with Crippen molar-refractivity contribution in [3.8, 4) is 0 Å². The highest BCUT2D eigenvalue weighted by Crippen LogP contribution is 2.35. The Morgan fingerprint density at radius 2 is 2.00 bits per heavy atom. The lowest BCUT2D eigenvalue weighted by Gasteiger charge is -2.30. The molecule has 2 unspecified atom stereocenters. The van der Waals surface area contributed by atoms with Crippen molar-refractivity contribution in [3.05, 3.63) is 0 Å². The van der Waals surface area contributed by atoms with Crippen molar-refractivity contribution in [2.45, 2.75) is 38.8 Å². The Kier molecular flexibility index (Phi) is 3.07. The second kappa shape index (κ2) is 3.71. The van der Waals surface area contributed by atoms with Crippen molar-refractivity contribution in [1.82, 2.24) is 4.90 Å². The normalized spacial score (nSPS) is 22.3. The van der Waals surface area contributed by atoms with E-state index in [1.54, 1.807) is 0 Å². The van der Waals surface area contributed by atoms with Crippen LogP contribution in [0.1, 0.15) is 26.7 Å². The fourth-order valence-corrected chi connectivity index (χ4v) is 1.63. The summed E-state index contributed by atoms with van der Waals surface area (Å²) in [5.41, 5.74) is 5.59. The van der Waals surface area contributed by atoms with Crippen LogP contribution in [0.5, 0.6) is 0 Å². The molecule has 70 valence electrons. The van der Waals surface area contributed by atoms with Crippen LogP contribution in [-0.2, 0) is 0 Å². The van der Waals surface area contributed by atoms with Crippen molar-refractivity contribution in [3.63, 3.8) is 0 Å². The molecular weight excluding hydrogens is 168 g/mol. The summed E-state index contributed by atoms with van der Waals surface area (Å²) in [6, 6.07) is 0.858. The smallest absolute Gasteiger partial charge is 0.0899 e. The number of nitrogens with two attached hydrogens (primary N) is 1. The number of rotatable bonds is 4. The first-order chi connectivity index (χ1) is 5.54. The van der Waals surface area contributed by atoms with Crippen LogP contribution in [0.2, 0.25) is 0 Å². The minimum Gasteiger partial charge on any atom is -0.392 e. The van der Waals surface area contributed by atoms with Gasteiger partial charge in [-0.15, -0.1) is 0 Å². The van der Waals surface area contributed by atoms with Crippen LogP contribution in [0.4, 0.5) is 0 Å². The Bertz CT molecular complexity index is 177. The number of hydrogen-bond donors (Lipinski definition) is 1. The molecule has 0 aromatic carbocycles. The summed E-state index contributed by atoms with van der Waals surface area (Å²) in [6.45, 7) is 4.33. The molecule has 0 heterocycles. The van der Waals surface area contributed by atoms with E-state index in [0.29, 0.717) is 11.0 Å². The van der Waals surface area contributed by atoms with Crippen LogP contribution in [-0.4, -0.2) is 29.0 Å². The maximum absolute atomic E-state index is 5.59. The van der Waals surface area contributed by atoms with Crippen molar-refractivity contribution in [1.29, 1.82) is 0 Å². The van der Waals surface area contributed by atoms with Gasteiger partial charge in [-0.05, 0) is 39.7 Å². The molecule has 1 aliphatic rings. The average Bonchev–Trinajstić information content (AvgIpc) is 2.82. The van der Waals surface area contributed by atoms with Gasteiger partial charge in [-0.2, -0.15) is 0 Å². The SMILES string of the molecule is CC(C(N)=S)N(C)C(C)C1CC1. The number of likely N-dealkylation sites (N-methyl/N-ethyl adjacent to an activating group) is 1. The van der Waals surface area contributed by atoms with Gasteiger partial charge in [0.15, 0.2) is 0 Å². The maximum atomic E-state index is 5.59. The standard InChI is InChI=1S/C9H18N2S/c1-6(8-4-5-8)11(3)7(2)9(10)12/h6-8H,4-5H2,1-3H3,(H2,10,12). The van der Waals surface area contributed by atoms with Gasteiger partial charge in [0.2, 0.25) is 0 Å². The highest BCUT2D eigenvalue weighted by atomic mass is 32.1. The molecule has 1 rings (SSSR count). The predicted octanol–water partition coefficient (Wildman–Crippen LogP) is 1.39. The van der Waals surface area contributed by atoms with E-state index in [1.807, 2.05) is 0 Å². The molecule has 2 nitrogen and oxygen atoms in total. The Labute approximate surface area is 80.1 Å². The average molecular weight is 186 g/mol. The molecule has 0 spiro atoms. The van der Waals surface area contributed by atoms with Gasteiger partial charge in [0, 0.05) is 6.04 Å². The molecule has 0 saturated heterocycles. The Hall–Kier alpha value is -0.150. The van der Waals surface area contributed by atoms with Crippen LogP contribution in [0.3, 0.4) is 0 Å². The summed E-state index contributed by atoms with van der Waals surface area (Å²) in [5.74, 6) is 0.881. The second-order valence-corrected chi connectivity index (χ2v) is 4.29. The highest BCUT2D eigenvalue weighted by Gasteiger charge is 2.32. The third kappa shape index (κ3) is 2.17. The Morgan fingerprint density at radius 1 is 1.50 bits per heavy atom. The number of hydrogen-bond acceptors (Lipinski definition) is 2. The first-order valence-corrected chi connectivity index (χ1v) is 4.96. The fraction of sp³-hybridized carbons (Fsp3) is 0.889. The zero-order chi connectivity index (χ0) is 9.30. The Balaban J connectivity index is 2.44. The third-order valence-electron chi connectivity index (χ3n) is 2.97. The van der Waals surface area contributed by atoms with Gasteiger partial charge in [-0.1, -0.05) is 12.2 Å². The first kappa shape index (κ1) is 9.93. The molecule has 0 aliphatic heterocycles. The molecule has 0 aromatic heterocycles. The third-order valence-corrected chi connectivity index (χ3v) is 3.31. The first-order valence-electron chi connectivity index (χ1n) is 4.55. The molecule has 2 N–H and O–H groups in total. The molecule has 0 amide bonds. The summed E-state index contributed by atoms with van der Waals surface area (Å²) >= 11 is 4.96. The topological polar surface area (TPSA) is 29.3 Å². The zero-order valence-electron chi connectivity index (χ0n) is 8.08. The summed E-state index contributed by atoms with van der Waals surface area (Å²) in [5, 5.41) is 0. The lowest BCUT2D eigenvalue weighted by Crippen LogP contribution is -2.44. The van der Waals surface area contributed by atoms with Crippen molar-refractivity contribution in [2.24, 2.45) is 11.7 Å². The van der Waals surface area contributed by atoms with Crippen LogP contribution in [0.25, 0.3) is 0 Å². The maximum Gasteiger partial charge on any atom is 0.0899 e. The van der Waals surface area contributed by atoms with E-state index in [2.05, 4.69) is 25.8 Å². The van der Waals surface area contributed by atoms with Crippen LogP contribution in [0.15, 0.2) is 0 Å². The van der Waals surface area contributed by atoms with Gasteiger partial charge >= 0.3 is 0 Å². The van der Waals surface area contributed by atoms with Crippen molar-refractivity contribution >= 4 is 17.2 Å². The summed E-state index contributed by atoms with van der Waals surface area (Å²) in [6.07, 6.45) is 2.74.